The van der Waals surface area contributed by atoms with E-state index in [1.54, 1.807) is 0 Å². The largest absolute Gasteiger partial charge is 0.481 e. The highest BCUT2D eigenvalue weighted by Crippen LogP contribution is 2.37. The minimum Gasteiger partial charge on any atom is -0.481 e. The van der Waals surface area contributed by atoms with Crippen LogP contribution in [0.4, 0.5) is 0 Å². The zero-order valence-corrected chi connectivity index (χ0v) is 10.4. The van der Waals surface area contributed by atoms with Crippen molar-refractivity contribution in [1.82, 2.24) is 4.90 Å². The van der Waals surface area contributed by atoms with E-state index in [-0.39, 0.29) is 36.6 Å². The number of likely N-dealkylation sites (tertiary alicyclic amines) is 1. The standard InChI is InChI=1S/C13H17NO4/c1-8-4-5-9-10(7-8)13(18)14(12(9)17)6-2-3-11(15)16/h4,9-10H,2-3,5-7H2,1H3,(H,15,16)/t9-,10+/m1/s1. The molecule has 1 N–H and O–H groups in total. The van der Waals surface area contributed by atoms with Gasteiger partial charge >= 0.3 is 5.97 Å². The molecule has 5 heteroatoms. The van der Waals surface area contributed by atoms with E-state index in [4.69, 9.17) is 5.11 Å². The van der Waals surface area contributed by atoms with Gasteiger partial charge in [0.05, 0.1) is 11.8 Å². The third-order valence-corrected chi connectivity index (χ3v) is 3.69. The Bertz CT molecular complexity index is 427. The Balaban J connectivity index is 2.00. The Morgan fingerprint density at radius 2 is 2.06 bits per heavy atom. The first-order valence-corrected chi connectivity index (χ1v) is 6.23. The van der Waals surface area contributed by atoms with Crippen molar-refractivity contribution in [1.29, 1.82) is 0 Å². The summed E-state index contributed by atoms with van der Waals surface area (Å²) in [5.41, 5.74) is 1.16. The molecule has 0 saturated carbocycles. The smallest absolute Gasteiger partial charge is 0.303 e. The van der Waals surface area contributed by atoms with Crippen LogP contribution in [0.1, 0.15) is 32.6 Å². The van der Waals surface area contributed by atoms with E-state index < -0.39 is 5.97 Å². The third-order valence-electron chi connectivity index (χ3n) is 3.69. The second-order valence-electron chi connectivity index (χ2n) is 5.03. The van der Waals surface area contributed by atoms with Crippen LogP contribution in [0.15, 0.2) is 11.6 Å². The van der Waals surface area contributed by atoms with Gasteiger partial charge < -0.3 is 5.11 Å². The predicted molar refractivity (Wildman–Crippen MR) is 63.6 cm³/mol. The van der Waals surface area contributed by atoms with Gasteiger partial charge in [-0.2, -0.15) is 0 Å². The number of carbonyl (C=O) groups is 3. The molecule has 2 aliphatic rings. The van der Waals surface area contributed by atoms with Crippen LogP contribution in [0.5, 0.6) is 0 Å². The molecule has 98 valence electrons. The van der Waals surface area contributed by atoms with Gasteiger partial charge in [0.15, 0.2) is 0 Å². The van der Waals surface area contributed by atoms with Crippen LogP contribution in [-0.2, 0) is 14.4 Å². The lowest BCUT2D eigenvalue weighted by Crippen LogP contribution is -2.32. The van der Waals surface area contributed by atoms with Gasteiger partial charge in [-0.15, -0.1) is 0 Å². The third kappa shape index (κ3) is 2.30. The molecule has 18 heavy (non-hydrogen) atoms. The van der Waals surface area contributed by atoms with E-state index in [1.807, 2.05) is 13.0 Å². The second-order valence-corrected chi connectivity index (χ2v) is 5.03. The maximum atomic E-state index is 12.1. The SMILES string of the molecule is CC1=CC[C@H]2C(=O)N(CCCC(=O)O)C(=O)[C@H]2C1. The van der Waals surface area contributed by atoms with Gasteiger partial charge in [-0.25, -0.2) is 0 Å². The highest BCUT2D eigenvalue weighted by Gasteiger charge is 2.47. The van der Waals surface area contributed by atoms with E-state index >= 15 is 0 Å². The Morgan fingerprint density at radius 1 is 1.39 bits per heavy atom. The molecular formula is C13H17NO4. The number of allylic oxidation sites excluding steroid dienone is 2. The number of carbonyl (C=O) groups excluding carboxylic acids is 2. The lowest BCUT2D eigenvalue weighted by atomic mass is 9.82. The summed E-state index contributed by atoms with van der Waals surface area (Å²) < 4.78 is 0. The Morgan fingerprint density at radius 3 is 2.72 bits per heavy atom. The van der Waals surface area contributed by atoms with Crippen LogP contribution in [0, 0.1) is 11.8 Å². The monoisotopic (exact) mass is 251 g/mol. The number of rotatable bonds is 4. The number of imide groups is 1. The van der Waals surface area contributed by atoms with E-state index in [9.17, 15) is 14.4 Å². The van der Waals surface area contributed by atoms with Gasteiger partial charge in [0.25, 0.3) is 0 Å². The molecular weight excluding hydrogens is 234 g/mol. The molecule has 2 amide bonds. The van der Waals surface area contributed by atoms with E-state index in [2.05, 4.69) is 0 Å². The van der Waals surface area contributed by atoms with Crippen molar-refractivity contribution in [2.75, 3.05) is 6.54 Å². The van der Waals surface area contributed by atoms with Crippen LogP contribution < -0.4 is 0 Å². The lowest BCUT2D eigenvalue weighted by molar-refractivity contribution is -0.142. The summed E-state index contributed by atoms with van der Waals surface area (Å²) in [5, 5.41) is 8.56. The molecule has 0 aromatic heterocycles. The quantitative estimate of drug-likeness (QED) is 0.601. The minimum absolute atomic E-state index is 0.0102. The van der Waals surface area contributed by atoms with E-state index in [1.165, 1.54) is 4.90 Å². The fraction of sp³-hybridized carbons (Fsp3) is 0.615. The maximum Gasteiger partial charge on any atom is 0.303 e. The molecule has 0 radical (unpaired) electrons. The van der Waals surface area contributed by atoms with E-state index in [0.717, 1.165) is 5.57 Å². The van der Waals surface area contributed by atoms with Gasteiger partial charge in [-0.3, -0.25) is 19.3 Å². The van der Waals surface area contributed by atoms with Crippen molar-refractivity contribution < 1.29 is 19.5 Å². The number of hydrogen-bond donors (Lipinski definition) is 1. The number of fused-ring (bicyclic) bond motifs is 1. The topological polar surface area (TPSA) is 74.7 Å². The molecule has 0 spiro atoms. The summed E-state index contributed by atoms with van der Waals surface area (Å²) in [4.78, 5) is 35.9. The summed E-state index contributed by atoms with van der Waals surface area (Å²) in [5.74, 6) is -1.58. The summed E-state index contributed by atoms with van der Waals surface area (Å²) in [6, 6.07) is 0. The number of nitrogens with zero attached hydrogens (tertiary/aromatic N) is 1. The summed E-state index contributed by atoms with van der Waals surface area (Å²) in [6.45, 7) is 2.21. The Labute approximate surface area is 105 Å². The average Bonchev–Trinajstić information content (AvgIpc) is 2.53. The zero-order chi connectivity index (χ0) is 13.3. The highest BCUT2D eigenvalue weighted by molar-refractivity contribution is 6.05. The summed E-state index contributed by atoms with van der Waals surface area (Å²) in [7, 11) is 0. The molecule has 0 bridgehead atoms. The molecule has 1 saturated heterocycles. The predicted octanol–water partition coefficient (Wildman–Crippen LogP) is 1.19. The average molecular weight is 251 g/mol. The van der Waals surface area contributed by atoms with Crippen LogP contribution in [0.25, 0.3) is 0 Å². The first-order chi connectivity index (χ1) is 8.50. The van der Waals surface area contributed by atoms with Crippen molar-refractivity contribution in [3.8, 4) is 0 Å². The van der Waals surface area contributed by atoms with Crippen molar-refractivity contribution in [3.05, 3.63) is 11.6 Å². The van der Waals surface area contributed by atoms with Crippen LogP contribution >= 0.6 is 0 Å². The first kappa shape index (κ1) is 12.8. The molecule has 1 heterocycles. The molecule has 1 aliphatic carbocycles. The fourth-order valence-corrected chi connectivity index (χ4v) is 2.71. The fourth-order valence-electron chi connectivity index (χ4n) is 2.71. The normalized spacial score (nSPS) is 27.2. The second kappa shape index (κ2) is 4.92. The number of carboxylic acids is 1. The maximum absolute atomic E-state index is 12.1. The number of hydrogen-bond acceptors (Lipinski definition) is 3. The van der Waals surface area contributed by atoms with Crippen LogP contribution in [0.2, 0.25) is 0 Å². The molecule has 2 atom stereocenters. The van der Waals surface area contributed by atoms with Crippen LogP contribution in [-0.4, -0.2) is 34.3 Å². The van der Waals surface area contributed by atoms with Crippen molar-refractivity contribution in [2.24, 2.45) is 11.8 Å². The molecule has 1 aliphatic heterocycles. The van der Waals surface area contributed by atoms with Gasteiger partial charge in [-0.1, -0.05) is 11.6 Å². The minimum atomic E-state index is -0.899. The van der Waals surface area contributed by atoms with Gasteiger partial charge in [-0.05, 0) is 26.2 Å². The molecule has 1 fully saturated rings. The molecule has 0 aromatic carbocycles. The van der Waals surface area contributed by atoms with Crippen molar-refractivity contribution in [2.45, 2.75) is 32.6 Å². The number of amides is 2. The van der Waals surface area contributed by atoms with E-state index in [0.29, 0.717) is 19.3 Å². The van der Waals surface area contributed by atoms with Gasteiger partial charge in [0, 0.05) is 13.0 Å². The Hall–Kier alpha value is -1.65. The highest BCUT2D eigenvalue weighted by atomic mass is 16.4. The van der Waals surface area contributed by atoms with Crippen molar-refractivity contribution in [3.63, 3.8) is 0 Å². The Kier molecular flexibility index (Phi) is 3.50. The van der Waals surface area contributed by atoms with Gasteiger partial charge in [0.2, 0.25) is 11.8 Å². The molecule has 2 rings (SSSR count). The molecule has 0 aromatic rings. The summed E-state index contributed by atoms with van der Waals surface area (Å²) in [6.07, 6.45) is 3.64. The molecule has 0 unspecified atom stereocenters. The zero-order valence-electron chi connectivity index (χ0n) is 10.4. The molecule has 5 nitrogen and oxygen atoms in total. The number of aliphatic carboxylic acids is 1. The van der Waals surface area contributed by atoms with Crippen LogP contribution in [0.3, 0.4) is 0 Å². The number of carboxylic acid groups (broad SMARTS) is 1. The van der Waals surface area contributed by atoms with Gasteiger partial charge in [0.1, 0.15) is 0 Å². The summed E-state index contributed by atoms with van der Waals surface area (Å²) >= 11 is 0. The van der Waals surface area contributed by atoms with Crippen molar-refractivity contribution >= 4 is 17.8 Å². The first-order valence-electron chi connectivity index (χ1n) is 6.23. The lowest BCUT2D eigenvalue weighted by Gasteiger charge is -2.19.